The van der Waals surface area contributed by atoms with Gasteiger partial charge in [-0.15, -0.1) is 10.2 Å². The molecule has 15 heavy (non-hydrogen) atoms. The third-order valence-corrected chi connectivity index (χ3v) is 2.82. The van der Waals surface area contributed by atoms with Gasteiger partial charge in [-0.25, -0.2) is 4.39 Å². The lowest BCUT2D eigenvalue weighted by molar-refractivity contribution is 0.624. The van der Waals surface area contributed by atoms with Crippen molar-refractivity contribution in [3.8, 4) is 0 Å². The third kappa shape index (κ3) is 1.39. The maximum Gasteiger partial charge on any atom is 0.163 e. The summed E-state index contributed by atoms with van der Waals surface area (Å²) in [5.41, 5.74) is 0.580. The average molecular weight is 206 g/mol. The summed E-state index contributed by atoms with van der Waals surface area (Å²) in [5.74, 6) is 1.05. The van der Waals surface area contributed by atoms with Crippen molar-refractivity contribution in [1.29, 1.82) is 0 Å². The van der Waals surface area contributed by atoms with Gasteiger partial charge in [-0.05, 0) is 19.0 Å². The second kappa shape index (κ2) is 3.27. The summed E-state index contributed by atoms with van der Waals surface area (Å²) in [6, 6.07) is 2.83. The predicted molar refractivity (Wildman–Crippen MR) is 53.2 cm³/mol. The van der Waals surface area contributed by atoms with Crippen molar-refractivity contribution in [1.82, 2.24) is 19.9 Å². The van der Waals surface area contributed by atoms with Crippen LogP contribution in [0.15, 0.2) is 18.3 Å². The molecule has 0 aromatic carbocycles. The normalized spacial score (nSPS) is 21.3. The highest BCUT2D eigenvalue weighted by Gasteiger charge is 2.21. The molecule has 3 heterocycles. The maximum absolute atomic E-state index is 12.9. The number of hydrogen-bond acceptors (Lipinski definition) is 3. The fraction of sp³-hybridized carbons (Fsp3) is 0.400. The van der Waals surface area contributed by atoms with Crippen LogP contribution in [0.2, 0.25) is 0 Å². The summed E-state index contributed by atoms with van der Waals surface area (Å²) in [5, 5.41) is 11.4. The van der Waals surface area contributed by atoms with Crippen LogP contribution in [-0.4, -0.2) is 27.7 Å². The van der Waals surface area contributed by atoms with Crippen LogP contribution in [0.3, 0.4) is 0 Å². The van der Waals surface area contributed by atoms with Gasteiger partial charge in [-0.1, -0.05) is 0 Å². The van der Waals surface area contributed by atoms with Crippen LogP contribution in [0.1, 0.15) is 18.2 Å². The molecule has 3 rings (SSSR count). The molecule has 1 fully saturated rings. The van der Waals surface area contributed by atoms with Crippen LogP contribution in [-0.2, 0) is 0 Å². The van der Waals surface area contributed by atoms with Crippen LogP contribution in [0.4, 0.5) is 4.39 Å². The summed E-state index contributed by atoms with van der Waals surface area (Å²) < 4.78 is 14.8. The van der Waals surface area contributed by atoms with Crippen molar-refractivity contribution >= 4 is 5.65 Å². The zero-order chi connectivity index (χ0) is 10.3. The number of halogens is 1. The minimum atomic E-state index is -0.272. The topological polar surface area (TPSA) is 42.2 Å². The first-order valence-corrected chi connectivity index (χ1v) is 5.05. The van der Waals surface area contributed by atoms with E-state index in [1.54, 1.807) is 6.20 Å². The Bertz CT molecular complexity index is 487. The predicted octanol–water partition coefficient (Wildman–Crippen LogP) is 0.945. The Hall–Kier alpha value is -1.49. The van der Waals surface area contributed by atoms with E-state index in [1.165, 1.54) is 12.1 Å². The monoisotopic (exact) mass is 206 g/mol. The minimum Gasteiger partial charge on any atom is -0.316 e. The molecule has 0 amide bonds. The van der Waals surface area contributed by atoms with Crippen LogP contribution in [0, 0.1) is 5.82 Å². The molecule has 5 heteroatoms. The molecule has 1 aliphatic heterocycles. The van der Waals surface area contributed by atoms with Crippen molar-refractivity contribution in [2.75, 3.05) is 13.1 Å². The standard InChI is InChI=1S/C10H11FN4/c11-8-2-4-15-9(5-8)13-14-10(15)7-1-3-12-6-7/h2,4-5,7,12H,1,3,6H2. The summed E-state index contributed by atoms with van der Waals surface area (Å²) in [6.45, 7) is 1.94. The summed E-state index contributed by atoms with van der Waals surface area (Å²) in [7, 11) is 0. The first-order chi connectivity index (χ1) is 7.34. The van der Waals surface area contributed by atoms with Gasteiger partial charge in [0.2, 0.25) is 0 Å². The number of pyridine rings is 1. The molecule has 4 nitrogen and oxygen atoms in total. The smallest absolute Gasteiger partial charge is 0.163 e. The minimum absolute atomic E-state index is 0.272. The van der Waals surface area contributed by atoms with E-state index in [0.29, 0.717) is 11.6 Å². The van der Waals surface area contributed by atoms with Crippen molar-refractivity contribution < 1.29 is 4.39 Å². The highest BCUT2D eigenvalue weighted by molar-refractivity contribution is 5.38. The molecular weight excluding hydrogens is 195 g/mol. The largest absolute Gasteiger partial charge is 0.316 e. The van der Waals surface area contributed by atoms with Gasteiger partial charge >= 0.3 is 0 Å². The van der Waals surface area contributed by atoms with E-state index in [-0.39, 0.29) is 5.82 Å². The van der Waals surface area contributed by atoms with Crippen molar-refractivity contribution in [2.24, 2.45) is 0 Å². The highest BCUT2D eigenvalue weighted by atomic mass is 19.1. The SMILES string of the molecule is Fc1ccn2c(C3CCNC3)nnc2c1. The molecule has 1 N–H and O–H groups in total. The summed E-state index contributed by atoms with van der Waals surface area (Å²) >= 11 is 0. The van der Waals surface area contributed by atoms with E-state index in [9.17, 15) is 4.39 Å². The van der Waals surface area contributed by atoms with Gasteiger partial charge in [0.05, 0.1) is 0 Å². The van der Waals surface area contributed by atoms with Crippen LogP contribution >= 0.6 is 0 Å². The summed E-state index contributed by atoms with van der Waals surface area (Å²) in [6.07, 6.45) is 2.76. The maximum atomic E-state index is 12.9. The molecule has 0 radical (unpaired) electrons. The van der Waals surface area contributed by atoms with E-state index < -0.39 is 0 Å². The van der Waals surface area contributed by atoms with Crippen molar-refractivity contribution in [2.45, 2.75) is 12.3 Å². The number of rotatable bonds is 1. The molecule has 0 spiro atoms. The summed E-state index contributed by atoms with van der Waals surface area (Å²) in [4.78, 5) is 0. The molecule has 1 atom stereocenters. The zero-order valence-electron chi connectivity index (χ0n) is 8.15. The molecule has 2 aromatic rings. The van der Waals surface area contributed by atoms with Crippen LogP contribution in [0.5, 0.6) is 0 Å². The average Bonchev–Trinajstić information content (AvgIpc) is 2.82. The van der Waals surface area contributed by atoms with Gasteiger partial charge in [0.15, 0.2) is 5.65 Å². The Labute approximate surface area is 86.1 Å². The van der Waals surface area contributed by atoms with E-state index in [0.717, 1.165) is 25.3 Å². The van der Waals surface area contributed by atoms with Gasteiger partial charge in [0.25, 0.3) is 0 Å². The number of nitrogens with zero attached hydrogens (tertiary/aromatic N) is 3. The Morgan fingerprint density at radius 1 is 1.47 bits per heavy atom. The fourth-order valence-corrected chi connectivity index (χ4v) is 2.04. The Morgan fingerprint density at radius 3 is 3.20 bits per heavy atom. The second-order valence-corrected chi connectivity index (χ2v) is 3.82. The highest BCUT2D eigenvalue weighted by Crippen LogP contribution is 2.21. The third-order valence-electron chi connectivity index (χ3n) is 2.82. The van der Waals surface area contributed by atoms with Gasteiger partial charge in [-0.3, -0.25) is 4.40 Å². The number of nitrogens with one attached hydrogen (secondary N) is 1. The molecule has 1 unspecified atom stereocenters. The van der Waals surface area contributed by atoms with E-state index in [1.807, 2.05) is 4.40 Å². The fourth-order valence-electron chi connectivity index (χ4n) is 2.04. The lowest BCUT2D eigenvalue weighted by Gasteiger charge is -2.05. The van der Waals surface area contributed by atoms with Gasteiger partial charge in [-0.2, -0.15) is 0 Å². The lowest BCUT2D eigenvalue weighted by atomic mass is 10.1. The zero-order valence-corrected chi connectivity index (χ0v) is 8.15. The van der Waals surface area contributed by atoms with E-state index >= 15 is 0 Å². The Morgan fingerprint density at radius 2 is 2.40 bits per heavy atom. The molecule has 78 valence electrons. The molecule has 1 saturated heterocycles. The first-order valence-electron chi connectivity index (χ1n) is 5.05. The van der Waals surface area contributed by atoms with E-state index in [2.05, 4.69) is 15.5 Å². The van der Waals surface area contributed by atoms with Crippen molar-refractivity contribution in [3.05, 3.63) is 30.0 Å². The lowest BCUT2D eigenvalue weighted by Crippen LogP contribution is -2.10. The first kappa shape index (κ1) is 8.79. The molecular formula is C10H11FN4. The van der Waals surface area contributed by atoms with Crippen molar-refractivity contribution in [3.63, 3.8) is 0 Å². The Balaban J connectivity index is 2.11. The van der Waals surface area contributed by atoms with Crippen LogP contribution in [0.25, 0.3) is 5.65 Å². The Kier molecular flexibility index (Phi) is 1.92. The molecule has 0 aliphatic carbocycles. The van der Waals surface area contributed by atoms with Crippen LogP contribution < -0.4 is 5.32 Å². The molecule has 1 aliphatic rings. The van der Waals surface area contributed by atoms with Gasteiger partial charge in [0.1, 0.15) is 11.6 Å². The molecule has 0 saturated carbocycles. The van der Waals surface area contributed by atoms with E-state index in [4.69, 9.17) is 0 Å². The van der Waals surface area contributed by atoms with Gasteiger partial charge in [0, 0.05) is 24.7 Å². The van der Waals surface area contributed by atoms with Gasteiger partial charge < -0.3 is 5.32 Å². The molecule has 2 aromatic heterocycles. The number of aromatic nitrogens is 3. The number of hydrogen-bond donors (Lipinski definition) is 1. The quantitative estimate of drug-likeness (QED) is 0.755. The number of fused-ring (bicyclic) bond motifs is 1. The molecule has 0 bridgehead atoms. The second-order valence-electron chi connectivity index (χ2n) is 3.82.